The molecule has 120 valence electrons. The number of nitrogens with one attached hydrogen (secondary N) is 2. The van der Waals surface area contributed by atoms with Gasteiger partial charge in [-0.2, -0.15) is 0 Å². The lowest BCUT2D eigenvalue weighted by atomic mass is 10.1. The van der Waals surface area contributed by atoms with Gasteiger partial charge in [0.2, 0.25) is 5.95 Å². The summed E-state index contributed by atoms with van der Waals surface area (Å²) in [5.74, 6) is 0.154. The smallest absolute Gasteiger partial charge is 0.258 e. The standard InChI is InChI=1S/C17H20N4O2/c1-11(22)12-5-7-14(8-6-12)20-15(23)13-9-18-16(19-10-13)21-17(2,3)4/h5-10H,1-4H3,(H,20,23)(H,18,19,21). The maximum Gasteiger partial charge on any atom is 0.258 e. The molecule has 0 aliphatic rings. The van der Waals surface area contributed by atoms with E-state index >= 15 is 0 Å². The molecule has 0 saturated carbocycles. The molecular weight excluding hydrogens is 292 g/mol. The zero-order chi connectivity index (χ0) is 17.0. The molecule has 2 rings (SSSR count). The summed E-state index contributed by atoms with van der Waals surface area (Å²) in [7, 11) is 0. The van der Waals surface area contributed by atoms with Gasteiger partial charge in [0.25, 0.3) is 5.91 Å². The highest BCUT2D eigenvalue weighted by Crippen LogP contribution is 2.13. The molecule has 6 heteroatoms. The molecule has 0 fully saturated rings. The number of nitrogens with zero attached hydrogens (tertiary/aromatic N) is 2. The fourth-order valence-corrected chi connectivity index (χ4v) is 1.84. The van der Waals surface area contributed by atoms with E-state index in [-0.39, 0.29) is 17.2 Å². The number of rotatable bonds is 4. The van der Waals surface area contributed by atoms with Crippen LogP contribution in [0.3, 0.4) is 0 Å². The lowest BCUT2D eigenvalue weighted by Gasteiger charge is -2.20. The number of anilines is 2. The Kier molecular flexibility index (Phi) is 4.74. The summed E-state index contributed by atoms with van der Waals surface area (Å²) >= 11 is 0. The van der Waals surface area contributed by atoms with Crippen LogP contribution < -0.4 is 10.6 Å². The van der Waals surface area contributed by atoms with Crippen LogP contribution >= 0.6 is 0 Å². The van der Waals surface area contributed by atoms with Crippen molar-refractivity contribution >= 4 is 23.3 Å². The maximum atomic E-state index is 12.2. The van der Waals surface area contributed by atoms with E-state index in [9.17, 15) is 9.59 Å². The number of carbonyl (C=O) groups is 2. The fourth-order valence-electron chi connectivity index (χ4n) is 1.84. The minimum absolute atomic E-state index is 0.0155. The van der Waals surface area contributed by atoms with E-state index in [1.807, 2.05) is 20.8 Å². The lowest BCUT2D eigenvalue weighted by molar-refractivity contribution is 0.101. The second-order valence-electron chi connectivity index (χ2n) is 6.26. The molecular formula is C17H20N4O2. The second-order valence-corrected chi connectivity index (χ2v) is 6.26. The normalized spacial score (nSPS) is 11.0. The van der Waals surface area contributed by atoms with Gasteiger partial charge >= 0.3 is 0 Å². The molecule has 2 N–H and O–H groups in total. The average Bonchev–Trinajstić information content (AvgIpc) is 2.46. The molecule has 0 saturated heterocycles. The Balaban J connectivity index is 2.04. The van der Waals surface area contributed by atoms with Crippen molar-refractivity contribution in [1.29, 1.82) is 0 Å². The molecule has 1 heterocycles. The van der Waals surface area contributed by atoms with Crippen molar-refractivity contribution in [2.75, 3.05) is 10.6 Å². The van der Waals surface area contributed by atoms with E-state index in [2.05, 4.69) is 20.6 Å². The van der Waals surface area contributed by atoms with Gasteiger partial charge in [0.05, 0.1) is 5.56 Å². The topological polar surface area (TPSA) is 84.0 Å². The fraction of sp³-hybridized carbons (Fsp3) is 0.294. The van der Waals surface area contributed by atoms with Crippen molar-refractivity contribution in [3.05, 3.63) is 47.8 Å². The summed E-state index contributed by atoms with van der Waals surface area (Å²) in [5.41, 5.74) is 1.42. The molecule has 6 nitrogen and oxygen atoms in total. The van der Waals surface area contributed by atoms with Crippen LogP contribution in [0.4, 0.5) is 11.6 Å². The van der Waals surface area contributed by atoms with E-state index in [1.165, 1.54) is 19.3 Å². The van der Waals surface area contributed by atoms with Gasteiger partial charge in [0.15, 0.2) is 5.78 Å². The van der Waals surface area contributed by atoms with Crippen molar-refractivity contribution in [1.82, 2.24) is 9.97 Å². The van der Waals surface area contributed by atoms with Crippen molar-refractivity contribution in [3.63, 3.8) is 0 Å². The first-order chi connectivity index (χ1) is 10.7. The molecule has 0 bridgehead atoms. The van der Waals surface area contributed by atoms with Gasteiger partial charge in [0, 0.05) is 29.2 Å². The van der Waals surface area contributed by atoms with Crippen molar-refractivity contribution in [2.24, 2.45) is 0 Å². The minimum atomic E-state index is -0.303. The Morgan fingerprint density at radius 3 is 2.00 bits per heavy atom. The van der Waals surface area contributed by atoms with Gasteiger partial charge in [0.1, 0.15) is 0 Å². The monoisotopic (exact) mass is 312 g/mol. The Hall–Kier alpha value is -2.76. The Morgan fingerprint density at radius 2 is 1.52 bits per heavy atom. The number of aromatic nitrogens is 2. The predicted molar refractivity (Wildman–Crippen MR) is 89.8 cm³/mol. The van der Waals surface area contributed by atoms with Gasteiger partial charge in [-0.15, -0.1) is 0 Å². The third-order valence-electron chi connectivity index (χ3n) is 2.95. The van der Waals surface area contributed by atoms with Crippen molar-refractivity contribution in [3.8, 4) is 0 Å². The van der Waals surface area contributed by atoms with E-state index < -0.39 is 0 Å². The number of amides is 1. The summed E-state index contributed by atoms with van der Waals surface area (Å²) in [6.07, 6.45) is 2.95. The number of hydrogen-bond acceptors (Lipinski definition) is 5. The molecule has 1 amide bonds. The molecule has 2 aromatic rings. The number of ketones is 1. The lowest BCUT2D eigenvalue weighted by Crippen LogP contribution is -2.27. The van der Waals surface area contributed by atoms with E-state index in [0.717, 1.165) is 0 Å². The van der Waals surface area contributed by atoms with Gasteiger partial charge < -0.3 is 10.6 Å². The molecule has 0 spiro atoms. The van der Waals surface area contributed by atoms with Crippen LogP contribution in [0.15, 0.2) is 36.7 Å². The largest absolute Gasteiger partial charge is 0.350 e. The van der Waals surface area contributed by atoms with Crippen LogP contribution in [-0.4, -0.2) is 27.2 Å². The van der Waals surface area contributed by atoms with E-state index in [4.69, 9.17) is 0 Å². The summed E-state index contributed by atoms with van der Waals surface area (Å²) in [5, 5.41) is 5.87. The van der Waals surface area contributed by atoms with Crippen LogP contribution in [-0.2, 0) is 0 Å². The number of benzene rings is 1. The highest BCUT2D eigenvalue weighted by Gasteiger charge is 2.12. The second kappa shape index (κ2) is 6.56. The van der Waals surface area contributed by atoms with Crippen LogP contribution in [0.25, 0.3) is 0 Å². The third kappa shape index (κ3) is 4.88. The summed E-state index contributed by atoms with van der Waals surface area (Å²) in [6, 6.07) is 6.71. The minimum Gasteiger partial charge on any atom is -0.350 e. The Morgan fingerprint density at radius 1 is 0.957 bits per heavy atom. The van der Waals surface area contributed by atoms with Gasteiger partial charge in [-0.3, -0.25) is 9.59 Å². The van der Waals surface area contributed by atoms with Crippen LogP contribution in [0.2, 0.25) is 0 Å². The molecule has 0 atom stereocenters. The van der Waals surface area contributed by atoms with Crippen LogP contribution in [0, 0.1) is 0 Å². The van der Waals surface area contributed by atoms with Gasteiger partial charge in [-0.05, 0) is 52.0 Å². The molecule has 1 aromatic heterocycles. The van der Waals surface area contributed by atoms with Gasteiger partial charge in [-0.1, -0.05) is 0 Å². The highest BCUT2D eigenvalue weighted by atomic mass is 16.1. The van der Waals surface area contributed by atoms with Crippen molar-refractivity contribution < 1.29 is 9.59 Å². The summed E-state index contributed by atoms with van der Waals surface area (Å²) < 4.78 is 0. The molecule has 0 aliphatic heterocycles. The Bertz CT molecular complexity index is 701. The number of carbonyl (C=O) groups excluding carboxylic acids is 2. The van der Waals surface area contributed by atoms with E-state index in [0.29, 0.717) is 22.8 Å². The first-order valence-corrected chi connectivity index (χ1v) is 7.27. The highest BCUT2D eigenvalue weighted by molar-refractivity contribution is 6.04. The van der Waals surface area contributed by atoms with Crippen LogP contribution in [0.5, 0.6) is 0 Å². The molecule has 23 heavy (non-hydrogen) atoms. The number of Topliss-reactive ketones (excluding diaryl/α,β-unsaturated/α-hetero) is 1. The zero-order valence-electron chi connectivity index (χ0n) is 13.7. The third-order valence-corrected chi connectivity index (χ3v) is 2.95. The summed E-state index contributed by atoms with van der Waals surface area (Å²) in [4.78, 5) is 31.6. The predicted octanol–water partition coefficient (Wildman–Crippen LogP) is 3.14. The van der Waals surface area contributed by atoms with Crippen LogP contribution in [0.1, 0.15) is 48.4 Å². The first-order valence-electron chi connectivity index (χ1n) is 7.27. The molecule has 1 aromatic carbocycles. The molecule has 0 aliphatic carbocycles. The van der Waals surface area contributed by atoms with E-state index in [1.54, 1.807) is 24.3 Å². The molecule has 0 radical (unpaired) electrons. The average molecular weight is 312 g/mol. The Labute approximate surface area is 135 Å². The van der Waals surface area contributed by atoms with Crippen molar-refractivity contribution in [2.45, 2.75) is 33.2 Å². The zero-order valence-corrected chi connectivity index (χ0v) is 13.7. The maximum absolute atomic E-state index is 12.2. The SMILES string of the molecule is CC(=O)c1ccc(NC(=O)c2cnc(NC(C)(C)C)nc2)cc1. The number of hydrogen-bond donors (Lipinski definition) is 2. The molecule has 0 unspecified atom stereocenters. The quantitative estimate of drug-likeness (QED) is 0.847. The first kappa shape index (κ1) is 16.6. The summed E-state index contributed by atoms with van der Waals surface area (Å²) in [6.45, 7) is 7.50. The van der Waals surface area contributed by atoms with Gasteiger partial charge in [-0.25, -0.2) is 9.97 Å².